The molecule has 0 saturated heterocycles. The highest BCUT2D eigenvalue weighted by molar-refractivity contribution is 5.75. The minimum atomic E-state index is -2.55. The van der Waals surface area contributed by atoms with Gasteiger partial charge in [0, 0.05) is 12.1 Å². The van der Waals surface area contributed by atoms with Gasteiger partial charge in [0.2, 0.25) is 0 Å². The molecule has 2 N–H and O–H groups in total. The first kappa shape index (κ1) is 13.3. The fourth-order valence-corrected chi connectivity index (χ4v) is 1.38. The number of nitrogens with one attached hydrogen (secondary N) is 1. The van der Waals surface area contributed by atoms with Crippen molar-refractivity contribution in [3.63, 3.8) is 0 Å². The number of carboxylic acids is 1. The quantitative estimate of drug-likeness (QED) is 0.752. The van der Waals surface area contributed by atoms with E-state index in [1.807, 2.05) is 0 Å². The van der Waals surface area contributed by atoms with Crippen molar-refractivity contribution < 1.29 is 18.7 Å². The van der Waals surface area contributed by atoms with Gasteiger partial charge in [-0.3, -0.25) is 10.1 Å². The van der Waals surface area contributed by atoms with Gasteiger partial charge in [-0.2, -0.15) is 0 Å². The number of benzene rings is 1. The maximum Gasteiger partial charge on any atom is 0.325 e. The van der Waals surface area contributed by atoms with Gasteiger partial charge in [-0.25, -0.2) is 8.78 Å². The molecule has 0 aliphatic heterocycles. The Balaban J connectivity index is 2.87. The van der Waals surface area contributed by atoms with Crippen LogP contribution in [0, 0.1) is 0 Å². The summed E-state index contributed by atoms with van der Waals surface area (Å²) in [4.78, 5) is 11.0. The highest BCUT2D eigenvalue weighted by Gasteiger charge is 2.18. The molecular formula is C12H13F2NO2. The van der Waals surface area contributed by atoms with E-state index in [9.17, 15) is 13.6 Å². The van der Waals surface area contributed by atoms with Crippen molar-refractivity contribution in [3.8, 4) is 0 Å². The van der Waals surface area contributed by atoms with Crippen LogP contribution in [0.15, 0.2) is 36.9 Å². The van der Waals surface area contributed by atoms with E-state index in [0.717, 1.165) is 0 Å². The van der Waals surface area contributed by atoms with Crippen molar-refractivity contribution in [1.82, 2.24) is 5.32 Å². The van der Waals surface area contributed by atoms with E-state index in [2.05, 4.69) is 11.9 Å². The largest absolute Gasteiger partial charge is 0.480 e. The van der Waals surface area contributed by atoms with Gasteiger partial charge < -0.3 is 5.11 Å². The van der Waals surface area contributed by atoms with Gasteiger partial charge in [-0.1, -0.05) is 30.3 Å². The Kier molecular flexibility index (Phi) is 4.78. The van der Waals surface area contributed by atoms with Gasteiger partial charge in [0.1, 0.15) is 6.04 Å². The number of hydrogen-bond acceptors (Lipinski definition) is 2. The Morgan fingerprint density at radius 1 is 1.35 bits per heavy atom. The molecule has 0 spiro atoms. The number of carboxylic acid groups (broad SMARTS) is 1. The Morgan fingerprint density at radius 3 is 2.29 bits per heavy atom. The van der Waals surface area contributed by atoms with Crippen LogP contribution in [0.1, 0.15) is 23.6 Å². The van der Waals surface area contributed by atoms with Crippen LogP contribution in [0.25, 0.3) is 0 Å². The van der Waals surface area contributed by atoms with Gasteiger partial charge in [-0.05, 0) is 5.56 Å². The molecule has 1 aromatic carbocycles. The lowest BCUT2D eigenvalue weighted by Crippen LogP contribution is -2.28. The predicted octanol–water partition coefficient (Wildman–Crippen LogP) is 2.53. The van der Waals surface area contributed by atoms with Crippen molar-refractivity contribution in [3.05, 3.63) is 48.0 Å². The first-order chi connectivity index (χ1) is 8.06. The topological polar surface area (TPSA) is 49.3 Å². The molecule has 0 aliphatic rings. The second-order valence-electron chi connectivity index (χ2n) is 3.44. The molecule has 0 aliphatic carbocycles. The Labute approximate surface area is 97.8 Å². The van der Waals surface area contributed by atoms with Crippen molar-refractivity contribution in [2.75, 3.05) is 6.54 Å². The summed E-state index contributed by atoms with van der Waals surface area (Å²) in [6, 6.07) is 4.31. The molecular weight excluding hydrogens is 228 g/mol. The SMILES string of the molecule is C=CCNC(C(=O)O)c1ccc(C(F)F)cc1. The fourth-order valence-electron chi connectivity index (χ4n) is 1.38. The van der Waals surface area contributed by atoms with E-state index in [1.54, 1.807) is 0 Å². The van der Waals surface area contributed by atoms with Crippen LogP contribution in [-0.2, 0) is 4.79 Å². The third-order valence-electron chi connectivity index (χ3n) is 2.24. The Bertz CT molecular complexity index is 390. The molecule has 1 aromatic rings. The van der Waals surface area contributed by atoms with Crippen LogP contribution in [0.5, 0.6) is 0 Å². The summed E-state index contributed by atoms with van der Waals surface area (Å²) in [5.74, 6) is -1.06. The molecule has 1 unspecified atom stereocenters. The number of halogens is 2. The molecule has 92 valence electrons. The smallest absolute Gasteiger partial charge is 0.325 e. The third kappa shape index (κ3) is 3.64. The summed E-state index contributed by atoms with van der Waals surface area (Å²) in [5, 5.41) is 11.7. The normalized spacial score (nSPS) is 12.4. The average molecular weight is 241 g/mol. The number of carbonyl (C=O) groups is 1. The summed E-state index contributed by atoms with van der Waals surface area (Å²) in [6.07, 6.45) is -1.02. The summed E-state index contributed by atoms with van der Waals surface area (Å²) in [5.41, 5.74) is 0.311. The molecule has 0 fully saturated rings. The average Bonchev–Trinajstić information content (AvgIpc) is 2.29. The van der Waals surface area contributed by atoms with E-state index < -0.39 is 18.4 Å². The number of hydrogen-bond donors (Lipinski definition) is 2. The highest BCUT2D eigenvalue weighted by atomic mass is 19.3. The lowest BCUT2D eigenvalue weighted by molar-refractivity contribution is -0.139. The van der Waals surface area contributed by atoms with Crippen LogP contribution in [0.3, 0.4) is 0 Å². The second-order valence-corrected chi connectivity index (χ2v) is 3.44. The molecule has 1 atom stereocenters. The van der Waals surface area contributed by atoms with E-state index in [1.165, 1.54) is 30.3 Å². The minimum Gasteiger partial charge on any atom is -0.480 e. The lowest BCUT2D eigenvalue weighted by atomic mass is 10.0. The van der Waals surface area contributed by atoms with E-state index in [4.69, 9.17) is 5.11 Å². The summed E-state index contributed by atoms with van der Waals surface area (Å²) in [7, 11) is 0. The van der Waals surface area contributed by atoms with Crippen LogP contribution in [0.2, 0.25) is 0 Å². The Hall–Kier alpha value is -1.75. The maximum absolute atomic E-state index is 12.3. The van der Waals surface area contributed by atoms with Crippen molar-refractivity contribution in [1.29, 1.82) is 0 Å². The first-order valence-electron chi connectivity index (χ1n) is 5.01. The molecule has 17 heavy (non-hydrogen) atoms. The van der Waals surface area contributed by atoms with E-state index in [-0.39, 0.29) is 5.56 Å². The minimum absolute atomic E-state index is 0.124. The second kappa shape index (κ2) is 6.10. The Morgan fingerprint density at radius 2 is 1.88 bits per heavy atom. The molecule has 5 heteroatoms. The molecule has 1 rings (SSSR count). The van der Waals surface area contributed by atoms with Gasteiger partial charge in [0.05, 0.1) is 0 Å². The summed E-state index contributed by atoms with van der Waals surface area (Å²) >= 11 is 0. The maximum atomic E-state index is 12.3. The number of rotatable bonds is 6. The summed E-state index contributed by atoms with van der Waals surface area (Å²) in [6.45, 7) is 3.80. The van der Waals surface area contributed by atoms with Crippen LogP contribution in [-0.4, -0.2) is 17.6 Å². The van der Waals surface area contributed by atoms with Crippen LogP contribution < -0.4 is 5.32 Å². The molecule has 0 radical (unpaired) electrons. The van der Waals surface area contributed by atoms with Crippen molar-refractivity contribution in [2.45, 2.75) is 12.5 Å². The first-order valence-corrected chi connectivity index (χ1v) is 5.01. The molecule has 3 nitrogen and oxygen atoms in total. The predicted molar refractivity (Wildman–Crippen MR) is 60.0 cm³/mol. The fraction of sp³-hybridized carbons (Fsp3) is 0.250. The molecule has 0 aromatic heterocycles. The van der Waals surface area contributed by atoms with Crippen molar-refractivity contribution in [2.24, 2.45) is 0 Å². The molecule has 0 saturated carbocycles. The van der Waals surface area contributed by atoms with Crippen LogP contribution in [0.4, 0.5) is 8.78 Å². The monoisotopic (exact) mass is 241 g/mol. The van der Waals surface area contributed by atoms with Gasteiger partial charge >= 0.3 is 5.97 Å². The zero-order chi connectivity index (χ0) is 12.8. The van der Waals surface area contributed by atoms with E-state index in [0.29, 0.717) is 12.1 Å². The third-order valence-corrected chi connectivity index (χ3v) is 2.24. The zero-order valence-corrected chi connectivity index (χ0v) is 9.07. The number of aliphatic carboxylic acids is 1. The molecule has 0 heterocycles. The van der Waals surface area contributed by atoms with Gasteiger partial charge in [-0.15, -0.1) is 6.58 Å². The van der Waals surface area contributed by atoms with Crippen molar-refractivity contribution >= 4 is 5.97 Å². The summed E-state index contributed by atoms with van der Waals surface area (Å²) < 4.78 is 24.6. The standard InChI is InChI=1S/C12H13F2NO2/c1-2-7-15-10(12(16)17)8-3-5-9(6-4-8)11(13)14/h2-6,10-11,15H,1,7H2,(H,16,17). The molecule has 0 amide bonds. The van der Waals surface area contributed by atoms with E-state index >= 15 is 0 Å². The van der Waals surface area contributed by atoms with Gasteiger partial charge in [0.15, 0.2) is 0 Å². The number of alkyl halides is 2. The van der Waals surface area contributed by atoms with Crippen LogP contribution >= 0.6 is 0 Å². The lowest BCUT2D eigenvalue weighted by Gasteiger charge is -2.13. The molecule has 0 bridgehead atoms. The highest BCUT2D eigenvalue weighted by Crippen LogP contribution is 2.21. The zero-order valence-electron chi connectivity index (χ0n) is 9.07. The van der Waals surface area contributed by atoms with Gasteiger partial charge in [0.25, 0.3) is 6.43 Å².